The smallest absolute Gasteiger partial charge is 0.326 e. The first-order chi connectivity index (χ1) is 9.20. The van der Waals surface area contributed by atoms with Gasteiger partial charge in [-0.3, -0.25) is 4.68 Å². The monoisotopic (exact) mass is 282 g/mol. The van der Waals surface area contributed by atoms with E-state index >= 15 is 0 Å². The van der Waals surface area contributed by atoms with E-state index in [9.17, 15) is 9.59 Å². The number of hydrogen-bond acceptors (Lipinski definition) is 3. The molecule has 0 aliphatic carbocycles. The third-order valence-corrected chi connectivity index (χ3v) is 2.82. The van der Waals surface area contributed by atoms with Crippen LogP contribution >= 0.6 is 0 Å². The minimum Gasteiger partial charge on any atom is -0.480 e. The average molecular weight is 282 g/mol. The Morgan fingerprint density at radius 2 is 2.10 bits per heavy atom. The van der Waals surface area contributed by atoms with Gasteiger partial charge in [0.05, 0.1) is 5.69 Å². The van der Waals surface area contributed by atoms with Crippen LogP contribution in [0.4, 0.5) is 4.79 Å². The van der Waals surface area contributed by atoms with Gasteiger partial charge >= 0.3 is 12.0 Å². The van der Waals surface area contributed by atoms with Crippen LogP contribution in [0.2, 0.25) is 0 Å². The lowest BCUT2D eigenvalue weighted by Gasteiger charge is -2.27. The van der Waals surface area contributed by atoms with Gasteiger partial charge in [0.15, 0.2) is 0 Å². The van der Waals surface area contributed by atoms with Crippen LogP contribution in [0.5, 0.6) is 0 Å². The lowest BCUT2D eigenvalue weighted by Crippen LogP contribution is -2.52. The van der Waals surface area contributed by atoms with Gasteiger partial charge in [-0.2, -0.15) is 5.10 Å². The number of nitrogens with one attached hydrogen (secondary N) is 2. The summed E-state index contributed by atoms with van der Waals surface area (Å²) in [5.41, 5.74) is 0.322. The maximum Gasteiger partial charge on any atom is 0.326 e. The zero-order valence-electron chi connectivity index (χ0n) is 12.3. The van der Waals surface area contributed by atoms with E-state index in [4.69, 9.17) is 5.11 Å². The second-order valence-electron chi connectivity index (χ2n) is 5.77. The quantitative estimate of drug-likeness (QED) is 0.743. The number of carbonyl (C=O) groups is 2. The number of urea groups is 1. The van der Waals surface area contributed by atoms with Crippen LogP contribution in [0.3, 0.4) is 0 Å². The van der Waals surface area contributed by atoms with Gasteiger partial charge in [-0.05, 0) is 11.5 Å². The first kappa shape index (κ1) is 16.0. The summed E-state index contributed by atoms with van der Waals surface area (Å²) in [6, 6.07) is 0.454. The highest BCUT2D eigenvalue weighted by molar-refractivity contribution is 5.83. The van der Waals surface area contributed by atoms with Gasteiger partial charge < -0.3 is 15.7 Å². The van der Waals surface area contributed by atoms with Crippen LogP contribution in [0.15, 0.2) is 12.3 Å². The summed E-state index contributed by atoms with van der Waals surface area (Å²) in [5.74, 6) is -1.04. The van der Waals surface area contributed by atoms with Crippen LogP contribution in [-0.4, -0.2) is 39.5 Å². The van der Waals surface area contributed by atoms with E-state index in [0.29, 0.717) is 13.0 Å². The maximum absolute atomic E-state index is 11.7. The molecule has 1 aromatic rings. The van der Waals surface area contributed by atoms with Crippen LogP contribution in [0.25, 0.3) is 0 Å². The van der Waals surface area contributed by atoms with Crippen molar-refractivity contribution in [1.29, 1.82) is 0 Å². The number of amides is 2. The van der Waals surface area contributed by atoms with E-state index in [-0.39, 0.29) is 0 Å². The zero-order valence-corrected chi connectivity index (χ0v) is 12.3. The molecule has 0 spiro atoms. The predicted molar refractivity (Wildman–Crippen MR) is 74.3 cm³/mol. The third kappa shape index (κ3) is 4.91. The number of rotatable bonds is 5. The SMILES string of the molecule is Cn1ccc(CCNC(=O)N[C@@H](C(=O)O)C(C)(C)C)n1. The van der Waals surface area contributed by atoms with Crippen molar-refractivity contribution in [2.75, 3.05) is 6.54 Å². The fourth-order valence-corrected chi connectivity index (χ4v) is 1.73. The minimum absolute atomic E-state index is 0.402. The summed E-state index contributed by atoms with van der Waals surface area (Å²) in [4.78, 5) is 22.8. The van der Waals surface area contributed by atoms with Crippen molar-refractivity contribution in [2.45, 2.75) is 33.2 Å². The first-order valence-corrected chi connectivity index (χ1v) is 6.46. The summed E-state index contributed by atoms with van der Waals surface area (Å²) < 4.78 is 1.69. The fourth-order valence-electron chi connectivity index (χ4n) is 1.73. The minimum atomic E-state index is -1.04. The first-order valence-electron chi connectivity index (χ1n) is 6.46. The highest BCUT2D eigenvalue weighted by Gasteiger charge is 2.32. The van der Waals surface area contributed by atoms with Crippen LogP contribution in [0.1, 0.15) is 26.5 Å². The lowest BCUT2D eigenvalue weighted by atomic mass is 9.87. The predicted octanol–water partition coefficient (Wildman–Crippen LogP) is 0.761. The number of aromatic nitrogens is 2. The van der Waals surface area contributed by atoms with Gasteiger partial charge in [-0.25, -0.2) is 9.59 Å². The van der Waals surface area contributed by atoms with Crippen LogP contribution in [0, 0.1) is 5.41 Å². The highest BCUT2D eigenvalue weighted by atomic mass is 16.4. The van der Waals surface area contributed by atoms with Gasteiger partial charge in [0.1, 0.15) is 6.04 Å². The van der Waals surface area contributed by atoms with Gasteiger partial charge in [0.2, 0.25) is 0 Å². The summed E-state index contributed by atoms with van der Waals surface area (Å²) in [6.07, 6.45) is 2.43. The number of carbonyl (C=O) groups excluding carboxylic acids is 1. The van der Waals surface area contributed by atoms with Gasteiger partial charge in [-0.1, -0.05) is 20.8 Å². The Morgan fingerprint density at radius 1 is 1.45 bits per heavy atom. The molecule has 2 amide bonds. The third-order valence-electron chi connectivity index (χ3n) is 2.82. The average Bonchev–Trinajstić information content (AvgIpc) is 2.70. The Balaban J connectivity index is 2.41. The Morgan fingerprint density at radius 3 is 2.55 bits per heavy atom. The highest BCUT2D eigenvalue weighted by Crippen LogP contribution is 2.19. The van der Waals surface area contributed by atoms with Crippen molar-refractivity contribution in [2.24, 2.45) is 12.5 Å². The summed E-state index contributed by atoms with van der Waals surface area (Å²) in [7, 11) is 1.82. The molecule has 0 radical (unpaired) electrons. The maximum atomic E-state index is 11.7. The molecule has 112 valence electrons. The fraction of sp³-hybridized carbons (Fsp3) is 0.615. The molecule has 7 nitrogen and oxygen atoms in total. The van der Waals surface area contributed by atoms with Crippen molar-refractivity contribution in [1.82, 2.24) is 20.4 Å². The molecule has 20 heavy (non-hydrogen) atoms. The summed E-state index contributed by atoms with van der Waals surface area (Å²) in [5, 5.41) is 18.4. The van der Waals surface area contributed by atoms with Gasteiger partial charge in [0, 0.05) is 26.2 Å². The lowest BCUT2D eigenvalue weighted by molar-refractivity contribution is -0.141. The molecule has 3 N–H and O–H groups in total. The van der Waals surface area contributed by atoms with Crippen molar-refractivity contribution in [3.63, 3.8) is 0 Å². The molecule has 0 fully saturated rings. The summed E-state index contributed by atoms with van der Waals surface area (Å²) >= 11 is 0. The van der Waals surface area contributed by atoms with Crippen molar-refractivity contribution < 1.29 is 14.7 Å². The molecular weight excluding hydrogens is 260 g/mol. The molecule has 1 atom stereocenters. The van der Waals surface area contributed by atoms with E-state index < -0.39 is 23.5 Å². The van der Waals surface area contributed by atoms with Crippen molar-refractivity contribution in [3.8, 4) is 0 Å². The molecular formula is C13H22N4O3. The Hall–Kier alpha value is -2.05. The second kappa shape index (κ2) is 6.40. The zero-order chi connectivity index (χ0) is 15.3. The molecule has 0 bridgehead atoms. The summed E-state index contributed by atoms with van der Waals surface area (Å²) in [6.45, 7) is 5.69. The molecule has 7 heteroatoms. The Labute approximate surface area is 118 Å². The normalized spacial score (nSPS) is 12.8. The number of nitrogens with zero attached hydrogens (tertiary/aromatic N) is 2. The molecule has 0 aromatic carbocycles. The standard InChI is InChI=1S/C13H22N4O3/c1-13(2,3)10(11(18)19)15-12(20)14-7-5-9-6-8-17(4)16-9/h6,8,10H,5,7H2,1-4H3,(H,18,19)(H2,14,15,20)/t10-/m0/s1. The second-order valence-corrected chi connectivity index (χ2v) is 5.77. The van der Waals surface area contributed by atoms with Crippen LogP contribution < -0.4 is 10.6 Å². The number of hydrogen-bond donors (Lipinski definition) is 3. The van der Waals surface area contributed by atoms with E-state index in [1.165, 1.54) is 0 Å². The number of aliphatic carboxylic acids is 1. The van der Waals surface area contributed by atoms with Gasteiger partial charge in [-0.15, -0.1) is 0 Å². The van der Waals surface area contributed by atoms with E-state index in [0.717, 1.165) is 5.69 Å². The number of carboxylic acid groups (broad SMARTS) is 1. The molecule has 1 aromatic heterocycles. The molecule has 1 heterocycles. The van der Waals surface area contributed by atoms with E-state index in [1.807, 2.05) is 19.3 Å². The Bertz CT molecular complexity index is 476. The molecule has 1 rings (SSSR count). The van der Waals surface area contributed by atoms with E-state index in [2.05, 4.69) is 15.7 Å². The Kier molecular flexibility index (Phi) is 5.12. The molecule has 0 aliphatic rings. The topological polar surface area (TPSA) is 96.2 Å². The van der Waals surface area contributed by atoms with E-state index in [1.54, 1.807) is 25.5 Å². The van der Waals surface area contributed by atoms with Crippen molar-refractivity contribution in [3.05, 3.63) is 18.0 Å². The molecule has 0 unspecified atom stereocenters. The molecule has 0 aliphatic heterocycles. The van der Waals surface area contributed by atoms with Crippen molar-refractivity contribution >= 4 is 12.0 Å². The number of aryl methyl sites for hydroxylation is 1. The largest absolute Gasteiger partial charge is 0.480 e. The van der Waals surface area contributed by atoms with Gasteiger partial charge in [0.25, 0.3) is 0 Å². The number of carboxylic acids is 1. The molecule has 0 saturated carbocycles. The molecule has 0 saturated heterocycles. The van der Waals surface area contributed by atoms with Crippen LogP contribution in [-0.2, 0) is 18.3 Å².